The molecule has 0 aliphatic carbocycles. The lowest BCUT2D eigenvalue weighted by Crippen LogP contribution is -2.56. The van der Waals surface area contributed by atoms with Crippen LogP contribution in [-0.2, 0) is 33.8 Å². The summed E-state index contributed by atoms with van der Waals surface area (Å²) in [5.41, 5.74) is 3.46. The lowest BCUT2D eigenvalue weighted by Gasteiger charge is -2.30. The van der Waals surface area contributed by atoms with Crippen LogP contribution >= 0.6 is 0 Å². The van der Waals surface area contributed by atoms with E-state index in [0.29, 0.717) is 32.5 Å². The fourth-order valence-corrected chi connectivity index (χ4v) is 7.11. The van der Waals surface area contributed by atoms with Crippen molar-refractivity contribution in [3.63, 3.8) is 0 Å². The molecule has 0 saturated carbocycles. The van der Waals surface area contributed by atoms with E-state index >= 15 is 0 Å². The molecule has 1 unspecified atom stereocenters. The number of hydrogen-bond donors (Lipinski definition) is 4. The molecule has 4 atom stereocenters. The minimum absolute atomic E-state index is 0.113. The number of rotatable bonds is 8. The van der Waals surface area contributed by atoms with Crippen LogP contribution < -0.4 is 10.6 Å². The Labute approximate surface area is 279 Å². The van der Waals surface area contributed by atoms with Crippen molar-refractivity contribution < 1.29 is 29.2 Å². The summed E-state index contributed by atoms with van der Waals surface area (Å²) in [4.78, 5) is 44.4. The summed E-state index contributed by atoms with van der Waals surface area (Å²) < 4.78 is 5.94. The highest BCUT2D eigenvalue weighted by Crippen LogP contribution is 2.27. The average molecular weight is 647 g/mol. The van der Waals surface area contributed by atoms with E-state index in [0.717, 1.165) is 75.3 Å². The zero-order chi connectivity index (χ0) is 33.0. The maximum Gasteiger partial charge on any atom is 0.475 e. The van der Waals surface area contributed by atoms with Gasteiger partial charge < -0.3 is 30.3 Å². The molecular formula is C36H51BN4O6. The van der Waals surface area contributed by atoms with Gasteiger partial charge in [0, 0.05) is 19.5 Å². The Morgan fingerprint density at radius 1 is 0.872 bits per heavy atom. The van der Waals surface area contributed by atoms with Crippen LogP contribution in [0.25, 0.3) is 0 Å². The normalized spacial score (nSPS) is 24.4. The van der Waals surface area contributed by atoms with Crippen LogP contribution in [-0.4, -0.2) is 82.1 Å². The van der Waals surface area contributed by atoms with E-state index in [1.54, 1.807) is 9.80 Å². The predicted octanol–water partition coefficient (Wildman–Crippen LogP) is 4.11. The van der Waals surface area contributed by atoms with E-state index in [9.17, 15) is 24.4 Å². The third kappa shape index (κ3) is 10.0. The Morgan fingerprint density at radius 3 is 2.19 bits per heavy atom. The molecule has 2 aromatic carbocycles. The smallest absolute Gasteiger partial charge is 0.444 e. The SMILES string of the molecule is O=C1N[C@@H](B(O)O)CCCCCCCCCC(NCCCCc2ccccc2)C(=O)N2C[C@H](OC(=O)N3Cc4ccccc4C3)C[C@@H]12. The molecular weight excluding hydrogens is 595 g/mol. The van der Waals surface area contributed by atoms with Gasteiger partial charge in [0.05, 0.1) is 18.5 Å². The monoisotopic (exact) mass is 646 g/mol. The zero-order valence-electron chi connectivity index (χ0n) is 27.5. The molecule has 5 rings (SSSR count). The zero-order valence-corrected chi connectivity index (χ0v) is 27.5. The van der Waals surface area contributed by atoms with Gasteiger partial charge in [0.15, 0.2) is 0 Å². The van der Waals surface area contributed by atoms with Gasteiger partial charge in [0.25, 0.3) is 0 Å². The Bertz CT molecular complexity index is 1290. The van der Waals surface area contributed by atoms with Crippen LogP contribution in [0.5, 0.6) is 0 Å². The standard InChI is InChI=1S/C36H51BN4O6/c42-34-32-23-30(47-36(44)40-24-28-18-11-12-19-29(28)25-40)26-41(32)35(43)31(38-22-14-13-17-27-15-7-6-8-16-27)20-9-4-2-1-3-5-10-21-33(39-34)37(45)46/h6-8,11-12,15-16,18-19,30-33,38,45-46H,1-5,9-10,13-14,17,20-26H2,(H,39,42)/t30-,31?,32+,33-/m1/s1. The summed E-state index contributed by atoms with van der Waals surface area (Å²) in [6, 6.07) is 16.9. The number of carbonyl (C=O) groups excluding carboxylic acids is 3. The van der Waals surface area contributed by atoms with Gasteiger partial charge in [0.1, 0.15) is 12.1 Å². The number of nitrogens with zero attached hydrogens (tertiary/aromatic N) is 2. The fraction of sp³-hybridized carbons (Fsp3) is 0.583. The summed E-state index contributed by atoms with van der Waals surface area (Å²) in [7, 11) is -1.71. The first kappa shape index (κ1) is 34.9. The minimum atomic E-state index is -1.71. The third-order valence-electron chi connectivity index (χ3n) is 9.83. The quantitative estimate of drug-likeness (QED) is 0.251. The molecule has 2 fully saturated rings. The second kappa shape index (κ2) is 17.7. The fourth-order valence-electron chi connectivity index (χ4n) is 7.11. The van der Waals surface area contributed by atoms with Crippen molar-refractivity contribution >= 4 is 25.0 Å². The molecule has 10 nitrogen and oxygen atoms in total. The Balaban J connectivity index is 1.27. The van der Waals surface area contributed by atoms with Gasteiger partial charge in [-0.25, -0.2) is 4.79 Å². The van der Waals surface area contributed by atoms with E-state index in [-0.39, 0.29) is 18.9 Å². The second-order valence-corrected chi connectivity index (χ2v) is 13.4. The van der Waals surface area contributed by atoms with Crippen molar-refractivity contribution in [2.75, 3.05) is 13.1 Å². The topological polar surface area (TPSA) is 131 Å². The van der Waals surface area contributed by atoms with Crippen molar-refractivity contribution in [1.29, 1.82) is 0 Å². The van der Waals surface area contributed by atoms with Crippen molar-refractivity contribution in [2.45, 2.75) is 121 Å². The van der Waals surface area contributed by atoms with E-state index in [4.69, 9.17) is 4.74 Å². The maximum atomic E-state index is 14.2. The molecule has 47 heavy (non-hydrogen) atoms. The first-order chi connectivity index (χ1) is 22.9. The van der Waals surface area contributed by atoms with E-state index in [1.807, 2.05) is 42.5 Å². The maximum absolute atomic E-state index is 14.2. The van der Waals surface area contributed by atoms with Crippen molar-refractivity contribution in [3.05, 3.63) is 71.3 Å². The van der Waals surface area contributed by atoms with Gasteiger partial charge >= 0.3 is 13.2 Å². The van der Waals surface area contributed by atoms with Gasteiger partial charge in [-0.1, -0.05) is 99.5 Å². The van der Waals surface area contributed by atoms with Gasteiger partial charge in [-0.2, -0.15) is 0 Å². The summed E-state index contributed by atoms with van der Waals surface area (Å²) in [5, 5.41) is 26.5. The molecule has 2 aromatic rings. The second-order valence-electron chi connectivity index (χ2n) is 13.4. The lowest BCUT2D eigenvalue weighted by molar-refractivity contribution is -0.140. The molecule has 4 N–H and O–H groups in total. The first-order valence-corrected chi connectivity index (χ1v) is 17.7. The Morgan fingerprint density at radius 2 is 1.51 bits per heavy atom. The molecule has 3 aliphatic rings. The lowest BCUT2D eigenvalue weighted by atomic mass is 9.76. The van der Waals surface area contributed by atoms with Crippen LogP contribution in [0.15, 0.2) is 54.6 Å². The molecule has 0 bridgehead atoms. The first-order valence-electron chi connectivity index (χ1n) is 17.7. The van der Waals surface area contributed by atoms with Crippen LogP contribution in [0.3, 0.4) is 0 Å². The molecule has 2 saturated heterocycles. The van der Waals surface area contributed by atoms with Gasteiger partial charge in [-0.05, 0) is 55.3 Å². The van der Waals surface area contributed by atoms with Crippen molar-refractivity contribution in [3.8, 4) is 0 Å². The van der Waals surface area contributed by atoms with E-state index in [1.165, 1.54) is 5.56 Å². The number of unbranched alkanes of at least 4 members (excludes halogenated alkanes) is 1. The summed E-state index contributed by atoms with van der Waals surface area (Å²) in [6.45, 7) is 1.71. The van der Waals surface area contributed by atoms with Gasteiger partial charge in [-0.15, -0.1) is 0 Å². The van der Waals surface area contributed by atoms with Crippen molar-refractivity contribution in [2.24, 2.45) is 0 Å². The molecule has 3 aliphatic heterocycles. The number of fused-ring (bicyclic) bond motifs is 2. The minimum Gasteiger partial charge on any atom is -0.444 e. The average Bonchev–Trinajstić information content (AvgIpc) is 3.70. The van der Waals surface area contributed by atoms with Crippen LogP contribution in [0.1, 0.15) is 93.7 Å². The van der Waals surface area contributed by atoms with E-state index in [2.05, 4.69) is 22.8 Å². The van der Waals surface area contributed by atoms with Crippen LogP contribution in [0.2, 0.25) is 0 Å². The molecule has 3 amide bonds. The van der Waals surface area contributed by atoms with E-state index < -0.39 is 43.2 Å². The van der Waals surface area contributed by atoms with Crippen molar-refractivity contribution in [1.82, 2.24) is 20.4 Å². The summed E-state index contributed by atoms with van der Waals surface area (Å²) >= 11 is 0. The Hall–Kier alpha value is -3.41. The van der Waals surface area contributed by atoms with Crippen LogP contribution in [0.4, 0.5) is 4.79 Å². The number of aryl methyl sites for hydroxylation is 1. The van der Waals surface area contributed by atoms with Gasteiger partial charge in [0.2, 0.25) is 11.8 Å². The molecule has 0 radical (unpaired) electrons. The highest BCUT2D eigenvalue weighted by molar-refractivity contribution is 6.43. The predicted molar refractivity (Wildman–Crippen MR) is 181 cm³/mol. The molecule has 11 heteroatoms. The summed E-state index contributed by atoms with van der Waals surface area (Å²) in [6.07, 6.45) is 9.91. The largest absolute Gasteiger partial charge is 0.475 e. The number of amides is 3. The highest BCUT2D eigenvalue weighted by atomic mass is 16.6. The number of benzene rings is 2. The number of hydrogen-bond acceptors (Lipinski definition) is 7. The van der Waals surface area contributed by atoms with Gasteiger partial charge in [-0.3, -0.25) is 14.5 Å². The molecule has 0 spiro atoms. The van der Waals surface area contributed by atoms with Crippen LogP contribution in [0, 0.1) is 0 Å². The third-order valence-corrected chi connectivity index (χ3v) is 9.83. The highest BCUT2D eigenvalue weighted by Gasteiger charge is 2.44. The number of ether oxygens (including phenoxy) is 1. The molecule has 3 heterocycles. The summed E-state index contributed by atoms with van der Waals surface area (Å²) in [5.74, 6) is -1.46. The Kier molecular flexibility index (Phi) is 13.1. The number of nitrogens with one attached hydrogen (secondary N) is 2. The molecule has 0 aromatic heterocycles. The molecule has 254 valence electrons. The number of carbonyl (C=O) groups is 3.